The monoisotopic (exact) mass is 387 g/mol. The molecule has 5 aromatic rings. The summed E-state index contributed by atoms with van der Waals surface area (Å²) in [5, 5.41) is 3.67. The lowest BCUT2D eigenvalue weighted by Crippen LogP contribution is -1.98. The summed E-state index contributed by atoms with van der Waals surface area (Å²) in [6.45, 7) is 0.780. The molecule has 0 unspecified atom stereocenters. The maximum absolute atomic E-state index is 12.5. The highest BCUT2D eigenvalue weighted by molar-refractivity contribution is 6.07. The molecule has 0 bridgehead atoms. The number of aromatic nitrogens is 1. The van der Waals surface area contributed by atoms with E-state index in [4.69, 9.17) is 0 Å². The highest BCUT2D eigenvalue weighted by Gasteiger charge is 2.09. The van der Waals surface area contributed by atoms with Crippen LogP contribution >= 0.6 is 0 Å². The molecule has 2 nitrogen and oxygen atoms in total. The predicted molar refractivity (Wildman–Crippen MR) is 125 cm³/mol. The maximum Gasteiger partial charge on any atom is 0.185 e. The molecule has 0 aliphatic rings. The molecule has 0 aliphatic carbocycles. The minimum atomic E-state index is 0.0153. The standard InChI is InChI=1S/C28H21NO/c30-28(22-10-2-1-3-11-22)18-17-24-20-29(27-16-7-6-15-26(24)27)19-23-13-8-12-21-9-4-5-14-25(21)23/h1-18,20H,19H2/b18-17+. The molecule has 0 N–H and O–H groups in total. The van der Waals surface area contributed by atoms with Crippen molar-refractivity contribution in [3.8, 4) is 0 Å². The highest BCUT2D eigenvalue weighted by atomic mass is 16.1. The van der Waals surface area contributed by atoms with Crippen molar-refractivity contribution >= 4 is 33.5 Å². The molecule has 0 spiro atoms. The molecule has 0 aliphatic heterocycles. The van der Waals surface area contributed by atoms with Crippen molar-refractivity contribution in [3.63, 3.8) is 0 Å². The largest absolute Gasteiger partial charge is 0.342 e. The Morgan fingerprint density at radius 1 is 0.733 bits per heavy atom. The van der Waals surface area contributed by atoms with Gasteiger partial charge < -0.3 is 4.57 Å². The minimum Gasteiger partial charge on any atom is -0.342 e. The zero-order valence-corrected chi connectivity index (χ0v) is 16.5. The third-order valence-electron chi connectivity index (χ3n) is 5.51. The summed E-state index contributed by atoms with van der Waals surface area (Å²) in [6.07, 6.45) is 5.73. The van der Waals surface area contributed by atoms with E-state index >= 15 is 0 Å². The number of benzene rings is 4. The van der Waals surface area contributed by atoms with Crippen molar-refractivity contribution in [2.45, 2.75) is 6.54 Å². The van der Waals surface area contributed by atoms with E-state index in [1.807, 2.05) is 42.5 Å². The number of fused-ring (bicyclic) bond motifs is 2. The number of nitrogens with zero attached hydrogens (tertiary/aromatic N) is 1. The van der Waals surface area contributed by atoms with E-state index in [-0.39, 0.29) is 5.78 Å². The first kappa shape index (κ1) is 18.1. The summed E-state index contributed by atoms with van der Waals surface area (Å²) < 4.78 is 2.27. The predicted octanol–water partition coefficient (Wildman–Crippen LogP) is 6.74. The summed E-state index contributed by atoms with van der Waals surface area (Å²) in [6, 6.07) is 32.7. The van der Waals surface area contributed by atoms with Gasteiger partial charge in [-0.2, -0.15) is 0 Å². The molecule has 2 heteroatoms. The maximum atomic E-state index is 12.5. The molecule has 30 heavy (non-hydrogen) atoms. The number of para-hydroxylation sites is 1. The molecule has 0 saturated carbocycles. The summed E-state index contributed by atoms with van der Waals surface area (Å²) in [4.78, 5) is 12.5. The third kappa shape index (κ3) is 3.44. The number of ketones is 1. The van der Waals surface area contributed by atoms with Gasteiger partial charge in [-0.25, -0.2) is 0 Å². The Bertz CT molecular complexity index is 1370. The van der Waals surface area contributed by atoms with Crippen LogP contribution in [0.2, 0.25) is 0 Å². The van der Waals surface area contributed by atoms with Gasteiger partial charge in [0, 0.05) is 34.8 Å². The van der Waals surface area contributed by atoms with Gasteiger partial charge in [0.25, 0.3) is 0 Å². The van der Waals surface area contributed by atoms with E-state index in [0.29, 0.717) is 5.56 Å². The van der Waals surface area contributed by atoms with Crippen molar-refractivity contribution in [1.82, 2.24) is 4.57 Å². The first-order valence-corrected chi connectivity index (χ1v) is 10.1. The molecule has 0 radical (unpaired) electrons. The van der Waals surface area contributed by atoms with Gasteiger partial charge in [-0.1, -0.05) is 91.0 Å². The average Bonchev–Trinajstić information content (AvgIpc) is 3.16. The molecule has 0 fully saturated rings. The van der Waals surface area contributed by atoms with Gasteiger partial charge in [-0.05, 0) is 34.6 Å². The van der Waals surface area contributed by atoms with E-state index in [2.05, 4.69) is 71.4 Å². The molecule has 144 valence electrons. The van der Waals surface area contributed by atoms with Gasteiger partial charge in [-0.15, -0.1) is 0 Å². The number of rotatable bonds is 5. The van der Waals surface area contributed by atoms with Gasteiger partial charge in [0.15, 0.2) is 5.78 Å². The topological polar surface area (TPSA) is 22.0 Å². The molecule has 5 rings (SSSR count). The Balaban J connectivity index is 1.53. The second-order valence-electron chi connectivity index (χ2n) is 7.43. The molecule has 1 heterocycles. The Hall–Kier alpha value is -3.91. The van der Waals surface area contributed by atoms with Crippen molar-refractivity contribution in [2.24, 2.45) is 0 Å². The van der Waals surface area contributed by atoms with Gasteiger partial charge in [0.2, 0.25) is 0 Å². The molecular weight excluding hydrogens is 366 g/mol. The second-order valence-corrected chi connectivity index (χ2v) is 7.43. The SMILES string of the molecule is O=C(/C=C/c1cn(Cc2cccc3ccccc23)c2ccccc12)c1ccccc1. The average molecular weight is 387 g/mol. The van der Waals surface area contributed by atoms with Crippen molar-refractivity contribution < 1.29 is 4.79 Å². The number of carbonyl (C=O) groups excluding carboxylic acids is 1. The lowest BCUT2D eigenvalue weighted by atomic mass is 10.0. The number of hydrogen-bond donors (Lipinski definition) is 0. The van der Waals surface area contributed by atoms with E-state index in [9.17, 15) is 4.79 Å². The van der Waals surface area contributed by atoms with E-state index in [0.717, 1.165) is 23.0 Å². The quantitative estimate of drug-likeness (QED) is 0.242. The highest BCUT2D eigenvalue weighted by Crippen LogP contribution is 2.26. The van der Waals surface area contributed by atoms with Crippen LogP contribution in [0.25, 0.3) is 27.8 Å². The van der Waals surface area contributed by atoms with Crippen LogP contribution in [0.15, 0.2) is 109 Å². The first-order chi connectivity index (χ1) is 14.8. The van der Waals surface area contributed by atoms with Crippen LogP contribution < -0.4 is 0 Å². The third-order valence-corrected chi connectivity index (χ3v) is 5.51. The van der Waals surface area contributed by atoms with Crippen molar-refractivity contribution in [3.05, 3.63) is 126 Å². The van der Waals surface area contributed by atoms with Crippen LogP contribution in [0.4, 0.5) is 0 Å². The van der Waals surface area contributed by atoms with Crippen LogP contribution in [0.1, 0.15) is 21.5 Å². The van der Waals surface area contributed by atoms with Crippen molar-refractivity contribution in [2.75, 3.05) is 0 Å². The van der Waals surface area contributed by atoms with Gasteiger partial charge in [0.1, 0.15) is 0 Å². The van der Waals surface area contributed by atoms with Gasteiger partial charge >= 0.3 is 0 Å². The van der Waals surface area contributed by atoms with E-state index < -0.39 is 0 Å². The number of hydrogen-bond acceptors (Lipinski definition) is 1. The molecule has 0 amide bonds. The fourth-order valence-electron chi connectivity index (χ4n) is 4.02. The fraction of sp³-hybridized carbons (Fsp3) is 0.0357. The van der Waals surface area contributed by atoms with Crippen LogP contribution in [0.3, 0.4) is 0 Å². The zero-order chi connectivity index (χ0) is 20.3. The summed E-state index contributed by atoms with van der Waals surface area (Å²) >= 11 is 0. The van der Waals surface area contributed by atoms with Crippen LogP contribution in [0.5, 0.6) is 0 Å². The molecular formula is C28H21NO. The second kappa shape index (κ2) is 7.84. The van der Waals surface area contributed by atoms with Crippen LogP contribution in [0, 0.1) is 0 Å². The normalized spacial score (nSPS) is 11.5. The van der Waals surface area contributed by atoms with Crippen LogP contribution in [-0.2, 0) is 6.54 Å². The minimum absolute atomic E-state index is 0.0153. The van der Waals surface area contributed by atoms with Crippen molar-refractivity contribution in [1.29, 1.82) is 0 Å². The van der Waals surface area contributed by atoms with E-state index in [1.165, 1.54) is 16.3 Å². The lowest BCUT2D eigenvalue weighted by molar-refractivity contribution is 0.104. The number of allylic oxidation sites excluding steroid dienone is 1. The van der Waals surface area contributed by atoms with Crippen LogP contribution in [-0.4, -0.2) is 10.4 Å². The molecule has 0 saturated heterocycles. The van der Waals surface area contributed by atoms with E-state index in [1.54, 1.807) is 6.08 Å². The van der Waals surface area contributed by atoms with Gasteiger partial charge in [-0.3, -0.25) is 4.79 Å². The Morgan fingerprint density at radius 3 is 2.30 bits per heavy atom. The number of carbonyl (C=O) groups is 1. The molecule has 1 aromatic heterocycles. The molecule has 0 atom stereocenters. The van der Waals surface area contributed by atoms with Gasteiger partial charge in [0.05, 0.1) is 0 Å². The Labute approximate surface area is 175 Å². The zero-order valence-electron chi connectivity index (χ0n) is 16.5. The first-order valence-electron chi connectivity index (χ1n) is 10.1. The Morgan fingerprint density at radius 2 is 1.43 bits per heavy atom. The smallest absolute Gasteiger partial charge is 0.185 e. The summed E-state index contributed by atoms with van der Waals surface area (Å²) in [5.41, 5.74) is 4.20. The molecule has 4 aromatic carbocycles. The lowest BCUT2D eigenvalue weighted by Gasteiger charge is -2.09. The summed E-state index contributed by atoms with van der Waals surface area (Å²) in [5.74, 6) is 0.0153. The Kier molecular flexibility index (Phi) is 4.74. The fourth-order valence-corrected chi connectivity index (χ4v) is 4.02. The summed E-state index contributed by atoms with van der Waals surface area (Å²) in [7, 11) is 0.